The van der Waals surface area contributed by atoms with E-state index in [0.717, 1.165) is 0 Å². The van der Waals surface area contributed by atoms with Crippen molar-refractivity contribution in [1.82, 2.24) is 0 Å². The summed E-state index contributed by atoms with van der Waals surface area (Å²) in [6.45, 7) is 0. The summed E-state index contributed by atoms with van der Waals surface area (Å²) in [5, 5.41) is 7.29. The third-order valence-corrected chi connectivity index (χ3v) is 0. The molecule has 0 bridgehead atoms. The van der Waals surface area contributed by atoms with E-state index in [4.69, 9.17) is 5.26 Å². The second-order valence-corrected chi connectivity index (χ2v) is 0.520. The fourth-order valence-electron chi connectivity index (χ4n) is 0. The van der Waals surface area contributed by atoms with Crippen LogP contribution in [0.25, 0.3) is 0 Å². The van der Waals surface area contributed by atoms with Crippen LogP contribution in [0, 0.1) is 10.2 Å². The Morgan fingerprint density at radius 3 is 1.75 bits per heavy atom. The smallest absolute Gasteiger partial charge is 0 e. The molecule has 0 aliphatic carbocycles. The van der Waals surface area contributed by atoms with Gasteiger partial charge in [-0.25, -0.2) is 0 Å². The largest absolute Gasteiger partial charge is 0 e. The summed E-state index contributed by atoms with van der Waals surface area (Å²) < 4.78 is 0. The van der Waals surface area contributed by atoms with Crippen LogP contribution in [-0.4, -0.2) is 16.0 Å². The summed E-state index contributed by atoms with van der Waals surface area (Å²) in [6, 6.07) is 0. The van der Waals surface area contributed by atoms with Gasteiger partial charge in [-0.15, -0.1) is 0 Å². The topological polar surface area (TPSA) is 23.8 Å². The Morgan fingerprint density at radius 2 is 1.75 bits per heavy atom. The summed E-state index contributed by atoms with van der Waals surface area (Å²) in [7, 11) is 0. The molecule has 3 heteroatoms. The van der Waals surface area contributed by atoms with E-state index < -0.39 is 0 Å². The van der Waals surface area contributed by atoms with E-state index in [-0.39, 0.29) is 27.7 Å². The Hall–Kier alpha value is 0.945. The van der Waals surface area contributed by atoms with Crippen molar-refractivity contribution < 1.29 is 27.7 Å². The van der Waals surface area contributed by atoms with Gasteiger partial charge in [-0.05, 0) is 0 Å². The Kier molecular flexibility index (Phi) is 20.1. The molecule has 0 aliphatic rings. The Morgan fingerprint density at radius 1 is 1.75 bits per heavy atom. The number of hydrogen-bond donors (Lipinski definition) is 0. The second kappa shape index (κ2) is 9.04. The molecule has 0 fully saturated rings. The molecule has 0 N–H and O–H groups in total. The van der Waals surface area contributed by atoms with E-state index >= 15 is 0 Å². The van der Waals surface area contributed by atoms with Gasteiger partial charge in [0, 0.05) is 27.7 Å². The maximum Gasteiger partial charge on any atom is 0 e. The van der Waals surface area contributed by atoms with Crippen molar-refractivity contribution >= 4 is 16.0 Å². The Balaban J connectivity index is 0. The van der Waals surface area contributed by atoms with Crippen LogP contribution in [0.2, 0.25) is 0 Å². The van der Waals surface area contributed by atoms with Gasteiger partial charge in [0.2, 0.25) is 0 Å². The minimum Gasteiger partial charge on any atom is 0 e. The monoisotopic (exact) mass is 309 g/mol. The molecule has 0 aromatic heterocycles. The van der Waals surface area contributed by atoms with Crippen molar-refractivity contribution in [3.8, 4) is 4.97 Å². The SMILES string of the molecule is N#C[SeH].[Hg]. The van der Waals surface area contributed by atoms with Crippen LogP contribution >= 0.6 is 0 Å². The number of rotatable bonds is 0. The third kappa shape index (κ3) is 12.5. The first-order valence-electron chi connectivity index (χ1n) is 0.447. The zero-order chi connectivity index (χ0) is 2.71. The number of hydrogen-bond acceptors (Lipinski definition) is 1. The van der Waals surface area contributed by atoms with Gasteiger partial charge in [0.05, 0.1) is 0 Å². The van der Waals surface area contributed by atoms with E-state index in [0.29, 0.717) is 0 Å². The van der Waals surface area contributed by atoms with Crippen molar-refractivity contribution in [2.75, 3.05) is 0 Å². The minimum atomic E-state index is 0. The molecule has 0 aromatic carbocycles. The molecule has 0 aromatic rings. The number of nitriles is 1. The molecule has 0 radical (unpaired) electrons. The van der Waals surface area contributed by atoms with Crippen molar-refractivity contribution in [3.63, 3.8) is 0 Å². The van der Waals surface area contributed by atoms with Crippen LogP contribution in [-0.2, 0) is 27.7 Å². The Bertz CT molecular complexity index is 29.5. The van der Waals surface area contributed by atoms with E-state index in [1.807, 2.05) is 0 Å². The molecule has 0 spiro atoms. The zero-order valence-electron chi connectivity index (χ0n) is 2.10. The van der Waals surface area contributed by atoms with Gasteiger partial charge in [-0.2, -0.15) is 0 Å². The fraction of sp³-hybridized carbons (Fsp3) is 0. The molecule has 0 unspecified atom stereocenters. The maximum atomic E-state index is 7.29. The molecule has 0 amide bonds. The molecular formula is CHHgNSe. The van der Waals surface area contributed by atoms with Gasteiger partial charge < -0.3 is 0 Å². The molecule has 1 nitrogen and oxygen atoms in total. The normalized spacial score (nSPS) is 2.00. The zero-order valence-corrected chi connectivity index (χ0v) is 9.48. The van der Waals surface area contributed by atoms with Crippen LogP contribution in [0.4, 0.5) is 0 Å². The summed E-state index contributed by atoms with van der Waals surface area (Å²) in [4.78, 5) is 1.69. The van der Waals surface area contributed by atoms with E-state index in [1.54, 1.807) is 21.0 Å². The van der Waals surface area contributed by atoms with Crippen LogP contribution in [0.3, 0.4) is 0 Å². The molecule has 4 heavy (non-hydrogen) atoms. The van der Waals surface area contributed by atoms with Crippen LogP contribution in [0.5, 0.6) is 0 Å². The van der Waals surface area contributed by atoms with E-state index in [2.05, 4.69) is 0 Å². The molecule has 0 atom stereocenters. The first-order valence-corrected chi connectivity index (χ1v) is 1.39. The summed E-state index contributed by atoms with van der Waals surface area (Å²) >= 11 is 1.77. The van der Waals surface area contributed by atoms with Crippen LogP contribution in [0.15, 0.2) is 0 Å². The summed E-state index contributed by atoms with van der Waals surface area (Å²) in [5.41, 5.74) is 0. The van der Waals surface area contributed by atoms with E-state index in [1.165, 1.54) is 0 Å². The molecule has 0 heterocycles. The first-order chi connectivity index (χ1) is 1.41. The van der Waals surface area contributed by atoms with Gasteiger partial charge in [-0.3, -0.25) is 0 Å². The van der Waals surface area contributed by atoms with Gasteiger partial charge in [0.25, 0.3) is 0 Å². The molecule has 0 aliphatic heterocycles. The van der Waals surface area contributed by atoms with Gasteiger partial charge >= 0.3 is 26.2 Å². The van der Waals surface area contributed by atoms with Gasteiger partial charge in [0.1, 0.15) is 0 Å². The van der Waals surface area contributed by atoms with Gasteiger partial charge in [0.15, 0.2) is 0 Å². The van der Waals surface area contributed by atoms with E-state index in [9.17, 15) is 0 Å². The van der Waals surface area contributed by atoms with Gasteiger partial charge in [-0.1, -0.05) is 0 Å². The predicted molar refractivity (Wildman–Crippen MR) is 12.8 cm³/mol. The molecule has 18 valence electrons. The van der Waals surface area contributed by atoms with Crippen molar-refractivity contribution in [2.24, 2.45) is 0 Å². The minimum absolute atomic E-state index is 0. The Labute approximate surface area is 53.7 Å². The maximum absolute atomic E-state index is 7.29. The molecule has 0 rings (SSSR count). The average molecular weight is 307 g/mol. The standard InChI is InChI=1S/CHNSe.Hg/c2-1-3;/h3H;. The molecule has 0 saturated heterocycles. The third-order valence-electron chi connectivity index (χ3n) is 0. The average Bonchev–Trinajstić information content (AvgIpc) is 0.918. The fourth-order valence-corrected chi connectivity index (χ4v) is 0. The summed E-state index contributed by atoms with van der Waals surface area (Å²) in [5.74, 6) is 0. The molecular weight excluding hydrogens is 306 g/mol. The summed E-state index contributed by atoms with van der Waals surface area (Å²) in [6.07, 6.45) is 0. The number of nitrogens with zero attached hydrogens (tertiary/aromatic N) is 1. The molecule has 0 saturated carbocycles. The van der Waals surface area contributed by atoms with Crippen LogP contribution < -0.4 is 0 Å². The quantitative estimate of drug-likeness (QED) is 0.547. The first kappa shape index (κ1) is 8.87. The van der Waals surface area contributed by atoms with Crippen LogP contribution in [0.1, 0.15) is 0 Å². The van der Waals surface area contributed by atoms with Crippen molar-refractivity contribution in [3.05, 3.63) is 0 Å². The van der Waals surface area contributed by atoms with Crippen molar-refractivity contribution in [2.45, 2.75) is 0 Å². The second-order valence-electron chi connectivity index (χ2n) is 0.100. The van der Waals surface area contributed by atoms with Crippen molar-refractivity contribution in [1.29, 1.82) is 5.26 Å². The predicted octanol–water partition coefficient (Wildman–Crippen LogP) is -0.634.